The number of aliphatic hydroxyl groups excluding tert-OH is 1. The van der Waals surface area contributed by atoms with Gasteiger partial charge < -0.3 is 10.0 Å². The van der Waals surface area contributed by atoms with Crippen molar-refractivity contribution >= 4 is 27.5 Å². The molecule has 1 N–H and O–H groups in total. The van der Waals surface area contributed by atoms with E-state index in [-0.39, 0.29) is 17.3 Å². The van der Waals surface area contributed by atoms with Gasteiger partial charge in [0.2, 0.25) is 5.91 Å². The van der Waals surface area contributed by atoms with Crippen molar-refractivity contribution in [1.82, 2.24) is 0 Å². The molecular weight excluding hydrogens is 258 g/mol. The molecule has 1 aromatic rings. The molecule has 1 aliphatic heterocycles. The maximum atomic E-state index is 11.7. The van der Waals surface area contributed by atoms with Gasteiger partial charge >= 0.3 is 0 Å². The van der Waals surface area contributed by atoms with Crippen LogP contribution in [0.4, 0.5) is 5.69 Å². The first-order valence-corrected chi connectivity index (χ1v) is 5.77. The summed E-state index contributed by atoms with van der Waals surface area (Å²) in [4.78, 5) is 13.6. The first kappa shape index (κ1) is 10.6. The summed E-state index contributed by atoms with van der Waals surface area (Å²) >= 11 is 3.44. The third kappa shape index (κ3) is 2.06. The summed E-state index contributed by atoms with van der Waals surface area (Å²) in [6.45, 7) is 0.642. The number of rotatable bonds is 2. The quantitative estimate of drug-likeness (QED) is 0.830. The summed E-state index contributed by atoms with van der Waals surface area (Å²) in [5, 5.41) is 9.18. The smallest absolute Gasteiger partial charge is 0.228 e. The van der Waals surface area contributed by atoms with E-state index >= 15 is 0 Å². The average Bonchev–Trinajstić information content (AvgIpc) is 2.57. The predicted octanol–water partition coefficient (Wildman–Crippen LogP) is 1.68. The van der Waals surface area contributed by atoms with Gasteiger partial charge in [-0.3, -0.25) is 4.79 Å². The Balaban J connectivity index is 2.33. The molecule has 0 radical (unpaired) electrons. The van der Waals surface area contributed by atoms with Crippen LogP contribution in [-0.2, 0) is 11.4 Å². The fourth-order valence-corrected chi connectivity index (χ4v) is 2.37. The van der Waals surface area contributed by atoms with Crippen molar-refractivity contribution < 1.29 is 9.90 Å². The number of para-hydroxylation sites is 1. The molecule has 1 aromatic carbocycles. The number of carbonyl (C=O) groups is 1. The summed E-state index contributed by atoms with van der Waals surface area (Å²) in [7, 11) is 0. The molecule has 1 heterocycles. The normalized spacial score (nSPS) is 21.1. The summed E-state index contributed by atoms with van der Waals surface area (Å²) in [6.07, 6.45) is 0.528. The van der Waals surface area contributed by atoms with E-state index in [1.54, 1.807) is 4.90 Å². The molecule has 1 saturated heterocycles. The lowest BCUT2D eigenvalue weighted by molar-refractivity contribution is -0.117. The maximum absolute atomic E-state index is 11.7. The van der Waals surface area contributed by atoms with Crippen molar-refractivity contribution in [1.29, 1.82) is 0 Å². The van der Waals surface area contributed by atoms with Crippen LogP contribution in [0.1, 0.15) is 12.0 Å². The molecule has 1 fully saturated rings. The molecule has 1 amide bonds. The van der Waals surface area contributed by atoms with Gasteiger partial charge in [0.15, 0.2) is 0 Å². The Morgan fingerprint density at radius 1 is 1.47 bits per heavy atom. The highest BCUT2D eigenvalue weighted by Crippen LogP contribution is 2.27. The topological polar surface area (TPSA) is 40.5 Å². The molecule has 0 aromatic heterocycles. The van der Waals surface area contributed by atoms with Crippen LogP contribution in [0, 0.1) is 0 Å². The minimum Gasteiger partial charge on any atom is -0.392 e. The highest BCUT2D eigenvalue weighted by atomic mass is 79.9. The first-order valence-electron chi connectivity index (χ1n) is 4.85. The van der Waals surface area contributed by atoms with Gasteiger partial charge in [0, 0.05) is 29.0 Å². The molecule has 0 bridgehead atoms. The van der Waals surface area contributed by atoms with E-state index in [1.165, 1.54) is 0 Å². The molecule has 0 spiro atoms. The van der Waals surface area contributed by atoms with Gasteiger partial charge in [0.1, 0.15) is 0 Å². The second-order valence-electron chi connectivity index (χ2n) is 3.59. The van der Waals surface area contributed by atoms with E-state index in [2.05, 4.69) is 15.9 Å². The first-order chi connectivity index (χ1) is 7.22. The van der Waals surface area contributed by atoms with Gasteiger partial charge in [-0.1, -0.05) is 34.1 Å². The molecule has 3 nitrogen and oxygen atoms in total. The van der Waals surface area contributed by atoms with E-state index in [0.717, 1.165) is 11.3 Å². The Labute approximate surface area is 96.8 Å². The molecule has 1 atom stereocenters. The Hall–Kier alpha value is -0.870. The predicted molar refractivity (Wildman–Crippen MR) is 62.0 cm³/mol. The van der Waals surface area contributed by atoms with E-state index in [4.69, 9.17) is 0 Å². The van der Waals surface area contributed by atoms with Crippen molar-refractivity contribution in [2.45, 2.75) is 17.9 Å². The minimum atomic E-state index is -0.0348. The Morgan fingerprint density at radius 2 is 2.20 bits per heavy atom. The third-order valence-electron chi connectivity index (χ3n) is 2.53. The van der Waals surface area contributed by atoms with E-state index in [0.29, 0.717) is 13.0 Å². The van der Waals surface area contributed by atoms with Gasteiger partial charge in [-0.2, -0.15) is 0 Å². The van der Waals surface area contributed by atoms with Crippen molar-refractivity contribution in [2.75, 3.05) is 11.4 Å². The van der Waals surface area contributed by atoms with Crippen molar-refractivity contribution in [3.63, 3.8) is 0 Å². The fourth-order valence-electron chi connectivity index (χ4n) is 1.80. The van der Waals surface area contributed by atoms with Gasteiger partial charge in [0.05, 0.1) is 6.61 Å². The van der Waals surface area contributed by atoms with Crippen molar-refractivity contribution in [3.8, 4) is 0 Å². The molecule has 1 aliphatic rings. The van der Waals surface area contributed by atoms with Gasteiger partial charge in [-0.15, -0.1) is 0 Å². The van der Waals surface area contributed by atoms with Crippen LogP contribution in [0.2, 0.25) is 0 Å². The van der Waals surface area contributed by atoms with Crippen LogP contribution in [0.5, 0.6) is 0 Å². The summed E-state index contributed by atoms with van der Waals surface area (Å²) in [5.41, 5.74) is 1.62. The lowest BCUT2D eigenvalue weighted by Gasteiger charge is -2.18. The second kappa shape index (κ2) is 4.33. The zero-order valence-electron chi connectivity index (χ0n) is 8.19. The monoisotopic (exact) mass is 269 g/mol. The summed E-state index contributed by atoms with van der Waals surface area (Å²) in [6, 6.07) is 7.45. The highest BCUT2D eigenvalue weighted by Gasteiger charge is 2.29. The number of carbonyl (C=O) groups excluding carboxylic acids is 1. The lowest BCUT2D eigenvalue weighted by atomic mass is 10.2. The van der Waals surface area contributed by atoms with Gasteiger partial charge in [0.25, 0.3) is 0 Å². The molecule has 0 aliphatic carbocycles. The number of halogens is 1. The van der Waals surface area contributed by atoms with E-state index in [1.807, 2.05) is 24.3 Å². The maximum Gasteiger partial charge on any atom is 0.228 e. The van der Waals surface area contributed by atoms with Crippen LogP contribution in [0.15, 0.2) is 24.3 Å². The molecular formula is C11H12BrNO2. The SMILES string of the molecule is O=C1CC(Br)CN1c1ccccc1CO. The molecule has 80 valence electrons. The number of hydrogen-bond acceptors (Lipinski definition) is 2. The Kier molecular flexibility index (Phi) is 3.07. The van der Waals surface area contributed by atoms with Crippen LogP contribution in [0.25, 0.3) is 0 Å². The number of nitrogens with zero attached hydrogens (tertiary/aromatic N) is 1. The van der Waals surface area contributed by atoms with Crippen LogP contribution in [0.3, 0.4) is 0 Å². The number of alkyl halides is 1. The number of amides is 1. The van der Waals surface area contributed by atoms with Crippen molar-refractivity contribution in [3.05, 3.63) is 29.8 Å². The number of benzene rings is 1. The van der Waals surface area contributed by atoms with Gasteiger partial charge in [-0.05, 0) is 6.07 Å². The summed E-state index contributed by atoms with van der Waals surface area (Å²) < 4.78 is 0. The fraction of sp³-hybridized carbons (Fsp3) is 0.364. The highest BCUT2D eigenvalue weighted by molar-refractivity contribution is 9.09. The van der Waals surface area contributed by atoms with E-state index in [9.17, 15) is 9.90 Å². The largest absolute Gasteiger partial charge is 0.392 e. The van der Waals surface area contributed by atoms with Crippen molar-refractivity contribution in [2.24, 2.45) is 0 Å². The molecule has 2 rings (SSSR count). The lowest BCUT2D eigenvalue weighted by Crippen LogP contribution is -2.25. The number of hydrogen-bond donors (Lipinski definition) is 1. The molecule has 0 saturated carbocycles. The zero-order valence-corrected chi connectivity index (χ0v) is 9.77. The third-order valence-corrected chi connectivity index (χ3v) is 3.14. The number of anilines is 1. The average molecular weight is 270 g/mol. The van der Waals surface area contributed by atoms with Crippen LogP contribution in [-0.4, -0.2) is 22.4 Å². The van der Waals surface area contributed by atoms with E-state index < -0.39 is 0 Å². The molecule has 15 heavy (non-hydrogen) atoms. The Morgan fingerprint density at radius 3 is 2.80 bits per heavy atom. The van der Waals surface area contributed by atoms with Crippen LogP contribution < -0.4 is 4.90 Å². The zero-order chi connectivity index (χ0) is 10.8. The molecule has 4 heteroatoms. The van der Waals surface area contributed by atoms with Crippen LogP contribution >= 0.6 is 15.9 Å². The molecule has 1 unspecified atom stereocenters. The number of aliphatic hydroxyl groups is 1. The minimum absolute atomic E-state index is 0.0348. The summed E-state index contributed by atoms with van der Waals surface area (Å²) in [5.74, 6) is 0.109. The second-order valence-corrected chi connectivity index (χ2v) is 4.89. The standard InChI is InChI=1S/C11H12BrNO2/c12-9-5-11(15)13(6-9)10-4-2-1-3-8(10)7-14/h1-4,9,14H,5-7H2. The Bertz CT molecular complexity index is 381. The van der Waals surface area contributed by atoms with Gasteiger partial charge in [-0.25, -0.2) is 0 Å².